The third kappa shape index (κ3) is 15.8. The van der Waals surface area contributed by atoms with E-state index in [1.165, 1.54) is 0 Å². The first-order chi connectivity index (χ1) is 29.4. The van der Waals surface area contributed by atoms with E-state index < -0.39 is 23.4 Å². The zero-order valence-corrected chi connectivity index (χ0v) is 37.0. The summed E-state index contributed by atoms with van der Waals surface area (Å²) in [4.78, 5) is 82.5. The number of nitrogens with one attached hydrogen (secondary N) is 4. The monoisotopic (exact) mass is 864 g/mol. The lowest BCUT2D eigenvalue weighted by Gasteiger charge is -2.36. The van der Waals surface area contributed by atoms with Gasteiger partial charge in [0.05, 0.1) is 0 Å². The SMILES string of the molecule is CC(C)(C)OC(=O)Nc1ccc(CNC(=O)N2CCN(C(=O)O[C@H]3CCC[C@@H](OC(=O)N4CCN(C(=O)NCc5ccc(NC(=O)OC(C)(C)C)cc5)CC4)CCC3)CC2)cc1. The first-order valence-electron chi connectivity index (χ1n) is 21.5. The molecule has 2 heterocycles. The van der Waals surface area contributed by atoms with Gasteiger partial charge in [0, 0.05) is 76.8 Å². The molecule has 1 aliphatic carbocycles. The van der Waals surface area contributed by atoms with E-state index in [4.69, 9.17) is 18.9 Å². The summed E-state index contributed by atoms with van der Waals surface area (Å²) in [6.07, 6.45) is 1.85. The minimum atomic E-state index is -0.599. The van der Waals surface area contributed by atoms with Gasteiger partial charge in [0.2, 0.25) is 0 Å². The van der Waals surface area contributed by atoms with Crippen LogP contribution in [0.5, 0.6) is 0 Å². The van der Waals surface area contributed by atoms with Gasteiger partial charge in [-0.05, 0) is 115 Å². The van der Waals surface area contributed by atoms with Gasteiger partial charge in [-0.25, -0.2) is 28.8 Å². The number of piperazine rings is 2. The number of anilines is 2. The highest BCUT2D eigenvalue weighted by Crippen LogP contribution is 2.24. The largest absolute Gasteiger partial charge is 0.446 e. The van der Waals surface area contributed by atoms with Crippen molar-refractivity contribution in [2.45, 2.75) is 117 Å². The van der Waals surface area contributed by atoms with Crippen LogP contribution in [0, 0.1) is 0 Å². The second-order valence-electron chi connectivity index (χ2n) is 17.8. The Morgan fingerprint density at radius 3 is 1.11 bits per heavy atom. The highest BCUT2D eigenvalue weighted by molar-refractivity contribution is 5.85. The maximum atomic E-state index is 13.1. The first-order valence-corrected chi connectivity index (χ1v) is 21.5. The molecule has 62 heavy (non-hydrogen) atoms. The smallest absolute Gasteiger partial charge is 0.412 e. The van der Waals surface area contributed by atoms with Gasteiger partial charge in [-0.3, -0.25) is 10.6 Å². The molecule has 2 aromatic rings. The van der Waals surface area contributed by atoms with Crippen LogP contribution in [-0.2, 0) is 32.0 Å². The summed E-state index contributed by atoms with van der Waals surface area (Å²) >= 11 is 0. The van der Waals surface area contributed by atoms with Crippen molar-refractivity contribution in [3.8, 4) is 0 Å². The van der Waals surface area contributed by atoms with Crippen LogP contribution in [0.15, 0.2) is 48.5 Å². The molecule has 0 aromatic heterocycles. The fourth-order valence-corrected chi connectivity index (χ4v) is 7.12. The van der Waals surface area contributed by atoms with Crippen LogP contribution in [0.1, 0.15) is 91.2 Å². The van der Waals surface area contributed by atoms with Gasteiger partial charge in [0.15, 0.2) is 0 Å². The summed E-state index contributed by atoms with van der Waals surface area (Å²) in [5.41, 5.74) is 1.71. The third-order valence-corrected chi connectivity index (χ3v) is 10.4. The zero-order chi connectivity index (χ0) is 44.9. The van der Waals surface area contributed by atoms with Gasteiger partial charge in [-0.1, -0.05) is 24.3 Å². The lowest BCUT2D eigenvalue weighted by atomic mass is 9.96. The summed E-state index contributed by atoms with van der Waals surface area (Å²) < 4.78 is 22.3. The number of amides is 8. The predicted octanol–water partition coefficient (Wildman–Crippen LogP) is 7.10. The second kappa shape index (κ2) is 21.7. The van der Waals surface area contributed by atoms with E-state index >= 15 is 0 Å². The zero-order valence-electron chi connectivity index (χ0n) is 37.0. The lowest BCUT2D eigenvalue weighted by Crippen LogP contribution is -2.53. The maximum absolute atomic E-state index is 13.1. The van der Waals surface area contributed by atoms with E-state index in [1.54, 1.807) is 85.4 Å². The van der Waals surface area contributed by atoms with Crippen LogP contribution in [0.25, 0.3) is 0 Å². The second-order valence-corrected chi connectivity index (χ2v) is 17.8. The van der Waals surface area contributed by atoms with Crippen LogP contribution in [-0.4, -0.2) is 132 Å². The van der Waals surface area contributed by atoms with Gasteiger partial charge in [0.25, 0.3) is 0 Å². The highest BCUT2D eigenvalue weighted by Gasteiger charge is 2.30. The Balaban J connectivity index is 0.921. The van der Waals surface area contributed by atoms with Crippen molar-refractivity contribution in [1.29, 1.82) is 0 Å². The molecule has 2 aromatic carbocycles. The molecule has 2 saturated heterocycles. The van der Waals surface area contributed by atoms with Gasteiger partial charge < -0.3 is 49.2 Å². The molecule has 340 valence electrons. The first kappa shape index (κ1) is 47.1. The van der Waals surface area contributed by atoms with Crippen LogP contribution in [0.2, 0.25) is 0 Å². The predicted molar refractivity (Wildman–Crippen MR) is 232 cm³/mol. The average Bonchev–Trinajstić information content (AvgIpc) is 3.20. The molecule has 4 N–H and O–H groups in total. The molecule has 0 atom stereocenters. The number of carbonyl (C=O) groups excluding carboxylic acids is 6. The molecule has 18 nitrogen and oxygen atoms in total. The van der Waals surface area contributed by atoms with Crippen molar-refractivity contribution in [2.24, 2.45) is 0 Å². The summed E-state index contributed by atoms with van der Waals surface area (Å²) in [7, 11) is 0. The van der Waals surface area contributed by atoms with Crippen LogP contribution >= 0.6 is 0 Å². The van der Waals surface area contributed by atoms with Gasteiger partial charge in [0.1, 0.15) is 23.4 Å². The molecule has 0 radical (unpaired) electrons. The fourth-order valence-electron chi connectivity index (χ4n) is 7.12. The molecule has 0 spiro atoms. The van der Waals surface area contributed by atoms with Crippen molar-refractivity contribution >= 4 is 47.8 Å². The molecule has 18 heteroatoms. The number of ether oxygens (including phenoxy) is 4. The Kier molecular flexibility index (Phi) is 16.5. The van der Waals surface area contributed by atoms with E-state index in [2.05, 4.69) is 21.3 Å². The molecule has 0 bridgehead atoms. The van der Waals surface area contributed by atoms with Crippen LogP contribution < -0.4 is 21.3 Å². The number of carbonyl (C=O) groups is 6. The number of hydrogen-bond acceptors (Lipinski definition) is 10. The van der Waals surface area contributed by atoms with Crippen LogP contribution in [0.3, 0.4) is 0 Å². The molecule has 3 fully saturated rings. The van der Waals surface area contributed by atoms with Gasteiger partial charge in [-0.2, -0.15) is 0 Å². The number of benzene rings is 2. The van der Waals surface area contributed by atoms with Crippen molar-refractivity contribution in [2.75, 3.05) is 63.0 Å². The van der Waals surface area contributed by atoms with Gasteiger partial charge >= 0.3 is 36.4 Å². The molecule has 1 saturated carbocycles. The molecule has 5 rings (SSSR count). The number of hydrogen-bond donors (Lipinski definition) is 4. The van der Waals surface area contributed by atoms with Crippen molar-refractivity contribution in [3.63, 3.8) is 0 Å². The molecule has 0 unspecified atom stereocenters. The van der Waals surface area contributed by atoms with E-state index in [9.17, 15) is 28.8 Å². The van der Waals surface area contributed by atoms with E-state index in [1.807, 2.05) is 24.3 Å². The molecule has 8 amide bonds. The topological polar surface area (TPSA) is 200 Å². The quantitative estimate of drug-likeness (QED) is 0.199. The van der Waals surface area contributed by atoms with Crippen molar-refractivity contribution < 1.29 is 47.7 Å². The fraction of sp³-hybridized carbons (Fsp3) is 0.591. The molecule has 3 aliphatic rings. The standard InChI is InChI=1S/C44H64N8O10/c1-43(2,3)61-39(55)47-33-17-13-31(14-18-33)29-45-37(53)49-21-25-51(26-22-49)41(57)59-35-9-7-11-36(12-8-10-35)60-42(58)52-27-23-50(24-28-52)38(54)46-30-32-15-19-34(20-16-32)48-40(56)62-44(4,5)6/h13-20,35-36H,7-12,21-30H2,1-6H3,(H,45,53)(H,46,54)(H,47,55)(H,48,56)/t35-,36+. The minimum Gasteiger partial charge on any atom is -0.446 e. The number of nitrogens with zero attached hydrogens (tertiary/aromatic N) is 4. The van der Waals surface area contributed by atoms with Crippen molar-refractivity contribution in [1.82, 2.24) is 30.2 Å². The summed E-state index contributed by atoms with van der Waals surface area (Å²) in [6.45, 7) is 14.4. The normalized spacial score (nSPS) is 18.6. The third-order valence-electron chi connectivity index (χ3n) is 10.4. The Hall–Kier alpha value is -5.94. The maximum Gasteiger partial charge on any atom is 0.412 e. The summed E-state index contributed by atoms with van der Waals surface area (Å²) in [6, 6.07) is 13.8. The van der Waals surface area contributed by atoms with Crippen molar-refractivity contribution in [3.05, 3.63) is 59.7 Å². The van der Waals surface area contributed by atoms with Crippen LogP contribution in [0.4, 0.5) is 40.1 Å². The Morgan fingerprint density at radius 1 is 0.500 bits per heavy atom. The van der Waals surface area contributed by atoms with E-state index in [0.29, 0.717) is 103 Å². The highest BCUT2D eigenvalue weighted by atomic mass is 16.6. The Morgan fingerprint density at radius 2 is 0.806 bits per heavy atom. The van der Waals surface area contributed by atoms with Gasteiger partial charge in [-0.15, -0.1) is 0 Å². The van der Waals surface area contributed by atoms with E-state index in [0.717, 1.165) is 24.0 Å². The van der Waals surface area contributed by atoms with E-state index in [-0.39, 0.29) is 36.5 Å². The summed E-state index contributed by atoms with van der Waals surface area (Å²) in [5, 5.41) is 11.2. The molecule has 2 aliphatic heterocycles. The molecular formula is C44H64N8O10. The lowest BCUT2D eigenvalue weighted by molar-refractivity contribution is 0.0196. The minimum absolute atomic E-state index is 0.220. The summed E-state index contributed by atoms with van der Waals surface area (Å²) in [5.74, 6) is 0. The number of urea groups is 2. The Bertz CT molecular complexity index is 1690. The average molecular weight is 865 g/mol. The number of rotatable bonds is 8. The molecular weight excluding hydrogens is 801 g/mol. The Labute approximate surface area is 364 Å².